The van der Waals surface area contributed by atoms with Crippen LogP contribution < -0.4 is 0 Å². The topological polar surface area (TPSA) is 34.9 Å². The highest BCUT2D eigenvalue weighted by atomic mass is 16.1. The van der Waals surface area contributed by atoms with E-state index in [0.29, 0.717) is 5.69 Å². The lowest BCUT2D eigenvalue weighted by molar-refractivity contribution is 0.111. The highest BCUT2D eigenvalue weighted by Gasteiger charge is 2.00. The van der Waals surface area contributed by atoms with E-state index < -0.39 is 0 Å². The summed E-state index contributed by atoms with van der Waals surface area (Å²) in [5.41, 5.74) is 1.48. The molecule has 0 fully saturated rings. The number of carbonyl (C=O) groups excluding carboxylic acids is 1. The molecule has 1 rings (SSSR count). The fourth-order valence-electron chi connectivity index (χ4n) is 0.814. The van der Waals surface area contributed by atoms with E-state index in [1.807, 2.05) is 20.0 Å². The van der Waals surface area contributed by atoms with Gasteiger partial charge in [-0.2, -0.15) is 5.10 Å². The number of rotatable bonds is 2. The van der Waals surface area contributed by atoms with Crippen molar-refractivity contribution in [3.8, 4) is 0 Å². The molecule has 0 aromatic carbocycles. The molecule has 0 aliphatic rings. The number of hydrogen-bond donors (Lipinski definition) is 0. The fourth-order valence-corrected chi connectivity index (χ4v) is 0.814. The predicted molar refractivity (Wildman–Crippen MR) is 38.0 cm³/mol. The van der Waals surface area contributed by atoms with Gasteiger partial charge in [0.15, 0.2) is 6.29 Å². The van der Waals surface area contributed by atoms with Gasteiger partial charge < -0.3 is 0 Å². The van der Waals surface area contributed by atoms with Crippen LogP contribution in [0.1, 0.15) is 23.0 Å². The number of aromatic nitrogens is 2. The molecule has 0 radical (unpaired) electrons. The summed E-state index contributed by atoms with van der Waals surface area (Å²) in [6.45, 7) is 4.68. The molecule has 0 unspecified atom stereocenters. The molecular weight excluding hydrogens is 128 g/mol. The number of carbonyl (C=O) groups is 1. The van der Waals surface area contributed by atoms with Gasteiger partial charge in [-0.1, -0.05) is 0 Å². The molecule has 10 heavy (non-hydrogen) atoms. The zero-order chi connectivity index (χ0) is 7.56. The molecule has 0 spiro atoms. The van der Waals surface area contributed by atoms with Gasteiger partial charge in [-0.05, 0) is 19.4 Å². The minimum absolute atomic E-state index is 0.543. The lowest BCUT2D eigenvalue weighted by atomic mass is 10.3. The molecule has 1 heterocycles. The van der Waals surface area contributed by atoms with E-state index in [2.05, 4.69) is 5.10 Å². The van der Waals surface area contributed by atoms with Crippen LogP contribution in [-0.2, 0) is 6.54 Å². The lowest BCUT2D eigenvalue weighted by Gasteiger charge is -1.88. The Hall–Kier alpha value is -1.12. The van der Waals surface area contributed by atoms with Crippen LogP contribution in [-0.4, -0.2) is 16.1 Å². The van der Waals surface area contributed by atoms with E-state index in [4.69, 9.17) is 0 Å². The second-order valence-electron chi connectivity index (χ2n) is 2.17. The molecule has 1 aromatic rings. The molecule has 3 nitrogen and oxygen atoms in total. The number of aryl methyl sites for hydroxylation is 2. The summed E-state index contributed by atoms with van der Waals surface area (Å²) in [5, 5.41) is 4.00. The van der Waals surface area contributed by atoms with Crippen LogP contribution in [0.2, 0.25) is 0 Å². The Morgan fingerprint density at radius 3 is 2.80 bits per heavy atom. The van der Waals surface area contributed by atoms with Gasteiger partial charge in [0, 0.05) is 12.7 Å². The first kappa shape index (κ1) is 6.99. The fraction of sp³-hybridized carbons (Fsp3) is 0.429. The van der Waals surface area contributed by atoms with E-state index in [-0.39, 0.29) is 0 Å². The normalized spacial score (nSPS) is 9.80. The van der Waals surface area contributed by atoms with Crippen molar-refractivity contribution in [2.24, 2.45) is 0 Å². The maximum Gasteiger partial charge on any atom is 0.170 e. The van der Waals surface area contributed by atoms with Gasteiger partial charge in [-0.3, -0.25) is 9.48 Å². The van der Waals surface area contributed by atoms with Crippen LogP contribution in [0.5, 0.6) is 0 Å². The zero-order valence-corrected chi connectivity index (χ0v) is 6.16. The molecule has 0 aliphatic carbocycles. The van der Waals surface area contributed by atoms with Gasteiger partial charge in [-0.15, -0.1) is 0 Å². The van der Waals surface area contributed by atoms with E-state index in [1.54, 1.807) is 4.68 Å². The summed E-state index contributed by atoms with van der Waals surface area (Å²) < 4.78 is 1.75. The Morgan fingerprint density at radius 2 is 2.50 bits per heavy atom. The molecule has 0 atom stereocenters. The van der Waals surface area contributed by atoms with Crippen molar-refractivity contribution in [3.05, 3.63) is 17.5 Å². The van der Waals surface area contributed by atoms with Gasteiger partial charge in [0.25, 0.3) is 0 Å². The molecule has 0 amide bonds. The minimum Gasteiger partial charge on any atom is -0.296 e. The monoisotopic (exact) mass is 138 g/mol. The maximum absolute atomic E-state index is 10.3. The molecule has 0 aliphatic heterocycles. The van der Waals surface area contributed by atoms with Crippen molar-refractivity contribution in [1.82, 2.24) is 9.78 Å². The quantitative estimate of drug-likeness (QED) is 0.572. The third-order valence-corrected chi connectivity index (χ3v) is 1.42. The maximum atomic E-state index is 10.3. The highest BCUT2D eigenvalue weighted by Crippen LogP contribution is 2.00. The molecule has 0 bridgehead atoms. The molecule has 0 N–H and O–H groups in total. The highest BCUT2D eigenvalue weighted by molar-refractivity contribution is 5.73. The first-order chi connectivity index (χ1) is 4.77. The van der Waals surface area contributed by atoms with Crippen LogP contribution in [0.25, 0.3) is 0 Å². The number of nitrogens with zero attached hydrogens (tertiary/aromatic N) is 2. The molecular formula is C7H10N2O. The molecule has 3 heteroatoms. The summed E-state index contributed by atoms with van der Waals surface area (Å²) in [7, 11) is 0. The number of aldehydes is 1. The third kappa shape index (κ3) is 1.07. The van der Waals surface area contributed by atoms with Gasteiger partial charge in [0.05, 0.1) is 0 Å². The van der Waals surface area contributed by atoms with Crippen LogP contribution in [0.4, 0.5) is 0 Å². The van der Waals surface area contributed by atoms with Crippen molar-refractivity contribution in [1.29, 1.82) is 0 Å². The first-order valence-electron chi connectivity index (χ1n) is 3.27. The Kier molecular flexibility index (Phi) is 1.85. The Morgan fingerprint density at radius 1 is 1.80 bits per heavy atom. The average Bonchev–Trinajstić information content (AvgIpc) is 2.30. The van der Waals surface area contributed by atoms with Gasteiger partial charge in [0.2, 0.25) is 0 Å². The van der Waals surface area contributed by atoms with E-state index >= 15 is 0 Å². The smallest absolute Gasteiger partial charge is 0.170 e. The standard InChI is InChI=1S/C7H10N2O/c1-3-9-4-6(2)7(5-10)8-9/h4-5H,3H2,1-2H3. The minimum atomic E-state index is 0.543. The molecule has 0 saturated heterocycles. The Bertz CT molecular complexity index is 240. The van der Waals surface area contributed by atoms with Crippen LogP contribution in [0, 0.1) is 6.92 Å². The van der Waals surface area contributed by atoms with Crippen molar-refractivity contribution in [2.45, 2.75) is 20.4 Å². The summed E-state index contributed by atoms with van der Waals surface area (Å²) in [4.78, 5) is 10.3. The predicted octanol–water partition coefficient (Wildman–Crippen LogP) is 1.02. The van der Waals surface area contributed by atoms with Crippen LogP contribution >= 0.6 is 0 Å². The second-order valence-corrected chi connectivity index (χ2v) is 2.17. The molecule has 54 valence electrons. The van der Waals surface area contributed by atoms with Crippen molar-refractivity contribution < 1.29 is 4.79 Å². The first-order valence-corrected chi connectivity index (χ1v) is 3.27. The van der Waals surface area contributed by atoms with Crippen LogP contribution in [0.15, 0.2) is 6.20 Å². The molecule has 0 saturated carbocycles. The van der Waals surface area contributed by atoms with Gasteiger partial charge in [-0.25, -0.2) is 0 Å². The zero-order valence-electron chi connectivity index (χ0n) is 6.16. The van der Waals surface area contributed by atoms with Crippen molar-refractivity contribution in [2.75, 3.05) is 0 Å². The Labute approximate surface area is 59.7 Å². The third-order valence-electron chi connectivity index (χ3n) is 1.42. The van der Waals surface area contributed by atoms with Gasteiger partial charge in [0.1, 0.15) is 5.69 Å². The van der Waals surface area contributed by atoms with Crippen LogP contribution in [0.3, 0.4) is 0 Å². The average molecular weight is 138 g/mol. The van der Waals surface area contributed by atoms with E-state index in [0.717, 1.165) is 18.4 Å². The van der Waals surface area contributed by atoms with Crippen molar-refractivity contribution in [3.63, 3.8) is 0 Å². The second kappa shape index (κ2) is 2.64. The SMILES string of the molecule is CCn1cc(C)c(C=O)n1. The summed E-state index contributed by atoms with van der Waals surface area (Å²) in [6, 6.07) is 0. The summed E-state index contributed by atoms with van der Waals surface area (Å²) >= 11 is 0. The van der Waals surface area contributed by atoms with Gasteiger partial charge >= 0.3 is 0 Å². The summed E-state index contributed by atoms with van der Waals surface area (Å²) in [6.07, 6.45) is 2.64. The lowest BCUT2D eigenvalue weighted by Crippen LogP contribution is -1.94. The van der Waals surface area contributed by atoms with E-state index in [9.17, 15) is 4.79 Å². The largest absolute Gasteiger partial charge is 0.296 e. The molecule has 1 aromatic heterocycles. The van der Waals surface area contributed by atoms with Crippen molar-refractivity contribution >= 4 is 6.29 Å². The number of hydrogen-bond acceptors (Lipinski definition) is 2. The van der Waals surface area contributed by atoms with E-state index in [1.165, 1.54) is 0 Å². The Balaban J connectivity index is 3.03. The summed E-state index contributed by atoms with van der Waals surface area (Å²) in [5.74, 6) is 0.